The summed E-state index contributed by atoms with van der Waals surface area (Å²) in [5.74, 6) is -1.21. The minimum absolute atomic E-state index is 0.191. The first-order valence-corrected chi connectivity index (χ1v) is 12.0. The van der Waals surface area contributed by atoms with Crippen LogP contribution in [0.25, 0.3) is 0 Å². The zero-order valence-electron chi connectivity index (χ0n) is 19.8. The van der Waals surface area contributed by atoms with E-state index < -0.39 is 17.6 Å². The van der Waals surface area contributed by atoms with Crippen molar-refractivity contribution in [3.63, 3.8) is 0 Å². The number of carbonyl (C=O) groups excluding carboxylic acids is 1. The summed E-state index contributed by atoms with van der Waals surface area (Å²) in [6.45, 7) is 1.43. The Morgan fingerprint density at radius 1 is 0.833 bits per heavy atom. The van der Waals surface area contributed by atoms with E-state index in [1.54, 1.807) is 23.1 Å². The van der Waals surface area contributed by atoms with E-state index in [4.69, 9.17) is 14.2 Å². The third-order valence-corrected chi connectivity index (χ3v) is 6.45. The van der Waals surface area contributed by atoms with Gasteiger partial charge in [-0.2, -0.15) is 0 Å². The number of fused-ring (bicyclic) bond motifs is 1. The van der Waals surface area contributed by atoms with Gasteiger partial charge in [0.25, 0.3) is 11.7 Å². The number of benzene rings is 3. The Balaban J connectivity index is 1.25. The number of rotatable bonds is 7. The van der Waals surface area contributed by atoms with Crippen molar-refractivity contribution in [1.82, 2.24) is 4.90 Å². The molecule has 0 aliphatic carbocycles. The number of carbonyl (C=O) groups is 2. The highest BCUT2D eigenvalue weighted by atomic mass is 16.6. The number of hydrogen-bond acceptors (Lipinski definition) is 5. The minimum atomic E-state index is -1.36. The molecular weight excluding hydrogens is 458 g/mol. The Labute approximate surface area is 209 Å². The maximum atomic E-state index is 13.2. The molecule has 7 heteroatoms. The molecule has 1 amide bonds. The van der Waals surface area contributed by atoms with Gasteiger partial charge in [-0.05, 0) is 48.4 Å². The number of carboxylic acid groups (broad SMARTS) is 1. The molecule has 2 aliphatic rings. The normalized spacial score (nSPS) is 15.5. The highest BCUT2D eigenvalue weighted by Crippen LogP contribution is 2.39. The zero-order valence-corrected chi connectivity index (χ0v) is 19.8. The first-order chi connectivity index (χ1) is 17.6. The van der Waals surface area contributed by atoms with E-state index in [0.717, 1.165) is 24.8 Å². The van der Waals surface area contributed by atoms with Crippen LogP contribution in [0.1, 0.15) is 24.0 Å². The maximum Gasteiger partial charge on any atom is 0.376 e. The number of aliphatic carboxylic acids is 1. The fraction of sp³-hybridized carbons (Fsp3) is 0.241. The average Bonchev–Trinajstić information content (AvgIpc) is 2.92. The number of piperidine rings is 1. The largest absolute Gasteiger partial charge is 0.489 e. The molecule has 0 bridgehead atoms. The smallest absolute Gasteiger partial charge is 0.376 e. The van der Waals surface area contributed by atoms with Gasteiger partial charge in [-0.1, -0.05) is 60.7 Å². The first-order valence-electron chi connectivity index (χ1n) is 12.0. The fourth-order valence-electron chi connectivity index (χ4n) is 4.51. The van der Waals surface area contributed by atoms with Gasteiger partial charge in [0.15, 0.2) is 11.5 Å². The van der Waals surface area contributed by atoms with E-state index in [-0.39, 0.29) is 17.3 Å². The molecule has 0 radical (unpaired) electrons. The lowest BCUT2D eigenvalue weighted by Crippen LogP contribution is -2.42. The van der Waals surface area contributed by atoms with Crippen molar-refractivity contribution in [2.24, 2.45) is 5.92 Å². The number of ether oxygens (including phenoxy) is 3. The van der Waals surface area contributed by atoms with Crippen LogP contribution in [-0.4, -0.2) is 35.0 Å². The van der Waals surface area contributed by atoms with Gasteiger partial charge < -0.3 is 24.2 Å². The second kappa shape index (κ2) is 10.6. The molecule has 0 spiro atoms. The second-order valence-corrected chi connectivity index (χ2v) is 8.98. The summed E-state index contributed by atoms with van der Waals surface area (Å²) in [6, 6.07) is 24.9. The summed E-state index contributed by atoms with van der Waals surface area (Å²) in [5.41, 5.74) is 2.28. The van der Waals surface area contributed by atoms with Crippen molar-refractivity contribution < 1.29 is 28.9 Å². The lowest BCUT2D eigenvalue weighted by molar-refractivity contribution is -0.138. The SMILES string of the molecule is O=C(O)C1=C(C(=O)N2CCC(Cc3ccccc3)CC2)Oc2ccc(OCc3ccccc3)cc2O1. The molecule has 5 rings (SSSR count). The molecular formula is C29H27NO6. The van der Waals surface area contributed by atoms with E-state index in [9.17, 15) is 14.7 Å². The summed E-state index contributed by atoms with van der Waals surface area (Å²) in [5, 5.41) is 9.74. The third-order valence-electron chi connectivity index (χ3n) is 6.45. The molecule has 3 aromatic carbocycles. The molecule has 1 saturated heterocycles. The summed E-state index contributed by atoms with van der Waals surface area (Å²) in [4.78, 5) is 26.8. The van der Waals surface area contributed by atoms with Crippen molar-refractivity contribution in [3.05, 3.63) is 102 Å². The van der Waals surface area contributed by atoms with Gasteiger partial charge in [-0.3, -0.25) is 4.79 Å². The highest BCUT2D eigenvalue weighted by molar-refractivity contribution is 6.00. The predicted octanol–water partition coefficient (Wildman–Crippen LogP) is 4.81. The Morgan fingerprint density at radius 2 is 1.47 bits per heavy atom. The number of carboxylic acids is 1. The molecule has 0 saturated carbocycles. The predicted molar refractivity (Wildman–Crippen MR) is 133 cm³/mol. The summed E-state index contributed by atoms with van der Waals surface area (Å²) < 4.78 is 17.2. The van der Waals surface area contributed by atoms with E-state index in [1.807, 2.05) is 48.5 Å². The van der Waals surface area contributed by atoms with E-state index in [0.29, 0.717) is 31.4 Å². The highest BCUT2D eigenvalue weighted by Gasteiger charge is 2.35. The van der Waals surface area contributed by atoms with E-state index >= 15 is 0 Å². The molecule has 1 fully saturated rings. The van der Waals surface area contributed by atoms with Gasteiger partial charge in [-0.25, -0.2) is 4.79 Å². The molecule has 7 nitrogen and oxygen atoms in total. The van der Waals surface area contributed by atoms with Gasteiger partial charge in [-0.15, -0.1) is 0 Å². The van der Waals surface area contributed by atoms with Crippen LogP contribution >= 0.6 is 0 Å². The fourth-order valence-corrected chi connectivity index (χ4v) is 4.51. The van der Waals surface area contributed by atoms with Crippen molar-refractivity contribution in [3.8, 4) is 17.2 Å². The molecule has 0 atom stereocenters. The van der Waals surface area contributed by atoms with Gasteiger partial charge in [0, 0.05) is 19.2 Å². The van der Waals surface area contributed by atoms with Gasteiger partial charge in [0.05, 0.1) is 0 Å². The Kier molecular flexibility index (Phi) is 6.89. The molecule has 2 aliphatic heterocycles. The topological polar surface area (TPSA) is 85.3 Å². The number of likely N-dealkylation sites (tertiary alicyclic amines) is 1. The van der Waals surface area contributed by atoms with Crippen molar-refractivity contribution >= 4 is 11.9 Å². The quantitative estimate of drug-likeness (QED) is 0.517. The summed E-state index contributed by atoms with van der Waals surface area (Å²) in [7, 11) is 0. The molecule has 0 unspecified atom stereocenters. The zero-order chi connectivity index (χ0) is 24.9. The Bertz CT molecular complexity index is 1260. The number of hydrogen-bond donors (Lipinski definition) is 1. The van der Waals surface area contributed by atoms with Crippen LogP contribution in [0.3, 0.4) is 0 Å². The number of amides is 1. The first kappa shape index (κ1) is 23.5. The van der Waals surface area contributed by atoms with Crippen molar-refractivity contribution in [1.29, 1.82) is 0 Å². The average molecular weight is 486 g/mol. The monoisotopic (exact) mass is 485 g/mol. The van der Waals surface area contributed by atoms with Gasteiger partial charge in [0.1, 0.15) is 12.4 Å². The van der Waals surface area contributed by atoms with E-state index in [2.05, 4.69) is 12.1 Å². The van der Waals surface area contributed by atoms with Crippen LogP contribution in [0.4, 0.5) is 0 Å². The lowest BCUT2D eigenvalue weighted by Gasteiger charge is -2.33. The standard InChI is InChI=1S/C29H27NO6/c31-28(30-15-13-21(14-16-30)17-20-7-3-1-4-8-20)26-27(29(32)33)36-25-18-23(11-12-24(25)35-26)34-19-22-9-5-2-6-10-22/h1-12,18,21H,13-17,19H2,(H,32,33). The Hall–Kier alpha value is -4.26. The van der Waals surface area contributed by atoms with Crippen LogP contribution < -0.4 is 14.2 Å². The van der Waals surface area contributed by atoms with Crippen LogP contribution in [0.2, 0.25) is 0 Å². The lowest BCUT2D eigenvalue weighted by atomic mass is 9.90. The summed E-state index contributed by atoms with van der Waals surface area (Å²) >= 11 is 0. The van der Waals surface area contributed by atoms with Gasteiger partial charge >= 0.3 is 5.97 Å². The third kappa shape index (κ3) is 5.35. The Morgan fingerprint density at radius 3 is 2.14 bits per heavy atom. The molecule has 1 N–H and O–H groups in total. The summed E-state index contributed by atoms with van der Waals surface area (Å²) in [6.07, 6.45) is 2.65. The van der Waals surface area contributed by atoms with Crippen LogP contribution in [0.15, 0.2) is 90.4 Å². The maximum absolute atomic E-state index is 13.2. The molecule has 36 heavy (non-hydrogen) atoms. The van der Waals surface area contributed by atoms with Crippen LogP contribution in [-0.2, 0) is 22.6 Å². The number of nitrogens with zero attached hydrogens (tertiary/aromatic N) is 1. The molecule has 2 heterocycles. The molecule has 184 valence electrons. The van der Waals surface area contributed by atoms with Crippen LogP contribution in [0, 0.1) is 5.92 Å². The van der Waals surface area contributed by atoms with Crippen molar-refractivity contribution in [2.75, 3.05) is 13.1 Å². The van der Waals surface area contributed by atoms with Crippen molar-refractivity contribution in [2.45, 2.75) is 25.9 Å². The van der Waals surface area contributed by atoms with Crippen LogP contribution in [0.5, 0.6) is 17.2 Å². The molecule has 3 aromatic rings. The van der Waals surface area contributed by atoms with E-state index in [1.165, 1.54) is 5.56 Å². The second-order valence-electron chi connectivity index (χ2n) is 8.98. The molecule has 0 aromatic heterocycles. The minimum Gasteiger partial charge on any atom is -0.489 e. The van der Waals surface area contributed by atoms with Gasteiger partial charge in [0.2, 0.25) is 5.76 Å².